The molecule has 1 saturated heterocycles. The summed E-state index contributed by atoms with van der Waals surface area (Å²) in [5, 5.41) is 11.1. The van der Waals surface area contributed by atoms with Gasteiger partial charge in [-0.15, -0.1) is 0 Å². The van der Waals surface area contributed by atoms with Crippen molar-refractivity contribution in [2.24, 2.45) is 0 Å². The van der Waals surface area contributed by atoms with Gasteiger partial charge in [-0.2, -0.15) is 0 Å². The van der Waals surface area contributed by atoms with Crippen molar-refractivity contribution < 1.29 is 14.1 Å². The molecule has 3 rings (SSSR count). The molecule has 0 saturated carbocycles. The third-order valence-corrected chi connectivity index (χ3v) is 5.60. The smallest absolute Gasteiger partial charge is 0.288 e. The van der Waals surface area contributed by atoms with Crippen LogP contribution in [0.5, 0.6) is 0 Å². The highest BCUT2D eigenvalue weighted by Crippen LogP contribution is 2.26. The number of halogens is 2. The van der Waals surface area contributed by atoms with Gasteiger partial charge in [-0.1, -0.05) is 29.8 Å². The lowest BCUT2D eigenvalue weighted by Crippen LogP contribution is -2.57. The van der Waals surface area contributed by atoms with Crippen molar-refractivity contribution in [2.45, 2.75) is 32.5 Å². The second-order valence-corrected chi connectivity index (χ2v) is 7.95. The molecule has 0 spiro atoms. The maximum Gasteiger partial charge on any atom is 0.288 e. The molecule has 8 heteroatoms. The minimum atomic E-state index is -0.550. The lowest BCUT2D eigenvalue weighted by atomic mass is 10.1. The van der Waals surface area contributed by atoms with Crippen LogP contribution in [0.25, 0.3) is 6.08 Å². The molecule has 2 aromatic rings. The molecule has 2 aromatic carbocycles. The van der Waals surface area contributed by atoms with Crippen LogP contribution in [0.1, 0.15) is 25.0 Å². The van der Waals surface area contributed by atoms with Gasteiger partial charge in [0.2, 0.25) is 5.91 Å². The monoisotopic (exact) mass is 431 g/mol. The molecule has 0 aromatic heterocycles. The topological polar surface area (TPSA) is 66.7 Å². The molecule has 1 heterocycles. The van der Waals surface area contributed by atoms with E-state index in [1.165, 1.54) is 30.3 Å². The molecule has 0 unspecified atom stereocenters. The van der Waals surface area contributed by atoms with E-state index < -0.39 is 4.92 Å². The fraction of sp³-hybridized carbons (Fsp3) is 0.318. The zero-order valence-corrected chi connectivity index (χ0v) is 17.6. The van der Waals surface area contributed by atoms with Gasteiger partial charge in [0.15, 0.2) is 0 Å². The number of piperazine rings is 1. The highest BCUT2D eigenvalue weighted by molar-refractivity contribution is 6.32. The normalized spacial score (nSPS) is 19.9. The first kappa shape index (κ1) is 21.9. The molecular weight excluding hydrogens is 409 g/mol. The van der Waals surface area contributed by atoms with E-state index in [1.807, 2.05) is 6.92 Å². The van der Waals surface area contributed by atoms with Crippen LogP contribution in [0.2, 0.25) is 5.02 Å². The highest BCUT2D eigenvalue weighted by Gasteiger charge is 2.31. The van der Waals surface area contributed by atoms with E-state index in [2.05, 4.69) is 11.8 Å². The van der Waals surface area contributed by atoms with Crippen molar-refractivity contribution in [1.29, 1.82) is 0 Å². The molecule has 0 radical (unpaired) electrons. The van der Waals surface area contributed by atoms with Crippen LogP contribution in [0.15, 0.2) is 48.5 Å². The molecule has 1 aliphatic heterocycles. The number of nitro groups is 1. The van der Waals surface area contributed by atoms with Crippen molar-refractivity contribution in [2.75, 3.05) is 13.1 Å². The standard InChI is InChI=1S/C22H23ClFN3O3/c1-15-13-26(16(2)12-25(15)14-18-3-7-19(24)8-4-18)22(28)10-6-17-5-9-20(23)21(11-17)27(29)30/h3-11,15-16H,12-14H2,1-2H3/t15-,16+/m0/s1. The Morgan fingerprint density at radius 2 is 1.90 bits per heavy atom. The molecule has 0 bridgehead atoms. The number of hydrogen-bond donors (Lipinski definition) is 0. The number of carbonyl (C=O) groups excluding carboxylic acids is 1. The Labute approximate surface area is 179 Å². The Morgan fingerprint density at radius 3 is 2.57 bits per heavy atom. The molecule has 1 amide bonds. The Hall–Kier alpha value is -2.77. The lowest BCUT2D eigenvalue weighted by Gasteiger charge is -2.44. The summed E-state index contributed by atoms with van der Waals surface area (Å²) >= 11 is 5.83. The largest absolute Gasteiger partial charge is 0.334 e. The molecule has 6 nitrogen and oxygen atoms in total. The summed E-state index contributed by atoms with van der Waals surface area (Å²) < 4.78 is 13.1. The van der Waals surface area contributed by atoms with Gasteiger partial charge in [-0.05, 0) is 49.2 Å². The summed E-state index contributed by atoms with van der Waals surface area (Å²) in [5.74, 6) is -0.401. The van der Waals surface area contributed by atoms with Crippen LogP contribution in [-0.2, 0) is 11.3 Å². The lowest BCUT2D eigenvalue weighted by molar-refractivity contribution is -0.384. The minimum absolute atomic E-state index is 0.00153. The van der Waals surface area contributed by atoms with Gasteiger partial charge in [0.25, 0.3) is 5.69 Å². The van der Waals surface area contributed by atoms with Gasteiger partial charge in [-0.3, -0.25) is 19.8 Å². The number of nitrogens with zero attached hydrogens (tertiary/aromatic N) is 3. The van der Waals surface area contributed by atoms with E-state index in [0.29, 0.717) is 25.2 Å². The average Bonchev–Trinajstić information content (AvgIpc) is 2.71. The molecule has 158 valence electrons. The van der Waals surface area contributed by atoms with Crippen molar-refractivity contribution in [3.63, 3.8) is 0 Å². The number of amides is 1. The van der Waals surface area contributed by atoms with Crippen molar-refractivity contribution >= 4 is 29.3 Å². The van der Waals surface area contributed by atoms with Crippen LogP contribution >= 0.6 is 11.6 Å². The summed E-state index contributed by atoms with van der Waals surface area (Å²) in [5.41, 5.74) is 1.37. The summed E-state index contributed by atoms with van der Waals surface area (Å²) in [6, 6.07) is 11.0. The first-order valence-electron chi connectivity index (χ1n) is 9.65. The van der Waals surface area contributed by atoms with Gasteiger partial charge in [-0.25, -0.2) is 4.39 Å². The summed E-state index contributed by atoms with van der Waals surface area (Å²) in [4.78, 5) is 27.3. The van der Waals surface area contributed by atoms with E-state index >= 15 is 0 Å². The second kappa shape index (κ2) is 9.36. The first-order valence-corrected chi connectivity index (χ1v) is 10.0. The zero-order valence-electron chi connectivity index (χ0n) is 16.8. The van der Waals surface area contributed by atoms with E-state index in [9.17, 15) is 19.3 Å². The zero-order chi connectivity index (χ0) is 21.8. The first-order chi connectivity index (χ1) is 14.2. The maximum atomic E-state index is 13.1. The number of nitro benzene ring substituents is 1. The Balaban J connectivity index is 1.65. The maximum absolute atomic E-state index is 13.1. The Kier molecular flexibility index (Phi) is 6.84. The predicted octanol–water partition coefficient (Wildman–Crippen LogP) is 4.52. The molecule has 1 fully saturated rings. The van der Waals surface area contributed by atoms with E-state index in [-0.39, 0.29) is 34.5 Å². The summed E-state index contributed by atoms with van der Waals surface area (Å²) in [7, 11) is 0. The quantitative estimate of drug-likeness (QED) is 0.396. The molecule has 0 N–H and O–H groups in total. The van der Waals surface area contributed by atoms with Crippen LogP contribution in [0.3, 0.4) is 0 Å². The van der Waals surface area contributed by atoms with Crippen LogP contribution in [-0.4, -0.2) is 45.8 Å². The third kappa shape index (κ3) is 5.23. The second-order valence-electron chi connectivity index (χ2n) is 7.55. The Bertz CT molecular complexity index is 965. The van der Waals surface area contributed by atoms with Gasteiger partial charge in [0.1, 0.15) is 10.8 Å². The van der Waals surface area contributed by atoms with Gasteiger partial charge >= 0.3 is 0 Å². The van der Waals surface area contributed by atoms with Crippen molar-refractivity contribution in [3.05, 3.63) is 80.6 Å². The van der Waals surface area contributed by atoms with E-state index in [0.717, 1.165) is 5.56 Å². The van der Waals surface area contributed by atoms with Gasteiger partial charge in [0, 0.05) is 43.9 Å². The molecule has 2 atom stereocenters. The van der Waals surface area contributed by atoms with Crippen molar-refractivity contribution in [1.82, 2.24) is 9.80 Å². The molecule has 30 heavy (non-hydrogen) atoms. The SMILES string of the molecule is C[C@@H]1CN(Cc2ccc(F)cc2)[C@@H](C)CN1C(=O)C=Cc1ccc(Cl)c([N+](=O)[O-])c1. The Morgan fingerprint density at radius 1 is 1.20 bits per heavy atom. The van der Waals surface area contributed by atoms with Crippen LogP contribution in [0, 0.1) is 15.9 Å². The fourth-order valence-electron chi connectivity index (χ4n) is 3.59. The molecule has 1 aliphatic rings. The predicted molar refractivity (Wildman–Crippen MR) is 115 cm³/mol. The average molecular weight is 432 g/mol. The van der Waals surface area contributed by atoms with Gasteiger partial charge in [0.05, 0.1) is 4.92 Å². The number of hydrogen-bond acceptors (Lipinski definition) is 4. The highest BCUT2D eigenvalue weighted by atomic mass is 35.5. The third-order valence-electron chi connectivity index (χ3n) is 5.28. The van der Waals surface area contributed by atoms with E-state index in [4.69, 9.17) is 11.6 Å². The minimum Gasteiger partial charge on any atom is -0.334 e. The summed E-state index contributed by atoms with van der Waals surface area (Å²) in [6.07, 6.45) is 3.00. The fourth-order valence-corrected chi connectivity index (χ4v) is 3.77. The van der Waals surface area contributed by atoms with E-state index in [1.54, 1.807) is 29.2 Å². The van der Waals surface area contributed by atoms with Crippen molar-refractivity contribution in [3.8, 4) is 0 Å². The number of benzene rings is 2. The summed E-state index contributed by atoms with van der Waals surface area (Å²) in [6.45, 7) is 6.00. The number of rotatable bonds is 5. The molecular formula is C22H23ClFN3O3. The van der Waals surface area contributed by atoms with Crippen LogP contribution in [0.4, 0.5) is 10.1 Å². The number of carbonyl (C=O) groups is 1. The van der Waals surface area contributed by atoms with Gasteiger partial charge < -0.3 is 4.90 Å². The van der Waals surface area contributed by atoms with Crippen LogP contribution < -0.4 is 0 Å². The molecule has 0 aliphatic carbocycles.